The Bertz CT molecular complexity index is 480. The summed E-state index contributed by atoms with van der Waals surface area (Å²) in [5, 5.41) is 11.6. The van der Waals surface area contributed by atoms with Gasteiger partial charge in [-0.1, -0.05) is 20.3 Å². The molecule has 1 atom stereocenters. The summed E-state index contributed by atoms with van der Waals surface area (Å²) in [6, 6.07) is 3.93. The lowest BCUT2D eigenvalue weighted by molar-refractivity contribution is 0.348. The van der Waals surface area contributed by atoms with Crippen LogP contribution in [0.15, 0.2) is 12.1 Å². The van der Waals surface area contributed by atoms with Crippen molar-refractivity contribution < 1.29 is 8.78 Å². The number of nitrogens with one attached hydrogen (secondary N) is 1. The van der Waals surface area contributed by atoms with Gasteiger partial charge in [0.1, 0.15) is 5.69 Å². The molecule has 1 N–H and O–H groups in total. The second-order valence-corrected chi connectivity index (χ2v) is 5.50. The molecular formula is C14H16F2N2. The molecule has 18 heavy (non-hydrogen) atoms. The van der Waals surface area contributed by atoms with Crippen LogP contribution in [0.4, 0.5) is 14.5 Å². The molecule has 1 aromatic carbocycles. The van der Waals surface area contributed by atoms with Crippen molar-refractivity contribution in [1.29, 1.82) is 5.26 Å². The molecule has 0 bridgehead atoms. The summed E-state index contributed by atoms with van der Waals surface area (Å²) in [5.74, 6) is -1.40. The van der Waals surface area contributed by atoms with Gasteiger partial charge in [0, 0.05) is 6.04 Å². The third kappa shape index (κ3) is 2.31. The van der Waals surface area contributed by atoms with Crippen LogP contribution in [0.2, 0.25) is 0 Å². The van der Waals surface area contributed by atoms with Crippen LogP contribution in [0.5, 0.6) is 0 Å². The maximum atomic E-state index is 13.7. The van der Waals surface area contributed by atoms with Gasteiger partial charge >= 0.3 is 0 Å². The van der Waals surface area contributed by atoms with Crippen LogP contribution < -0.4 is 5.32 Å². The third-order valence-corrected chi connectivity index (χ3v) is 3.75. The van der Waals surface area contributed by atoms with E-state index in [0.29, 0.717) is 0 Å². The molecule has 1 fully saturated rings. The molecule has 1 aliphatic carbocycles. The van der Waals surface area contributed by atoms with Gasteiger partial charge in [-0.3, -0.25) is 0 Å². The molecule has 0 radical (unpaired) electrons. The zero-order valence-corrected chi connectivity index (χ0v) is 10.6. The molecule has 4 heteroatoms. The van der Waals surface area contributed by atoms with Gasteiger partial charge in [-0.15, -0.1) is 0 Å². The van der Waals surface area contributed by atoms with E-state index in [-0.39, 0.29) is 22.7 Å². The minimum atomic E-state index is -0.700. The maximum Gasteiger partial charge on any atom is 0.150 e. The molecule has 2 nitrogen and oxygen atoms in total. The van der Waals surface area contributed by atoms with Gasteiger partial charge in [0.05, 0.1) is 11.6 Å². The largest absolute Gasteiger partial charge is 0.377 e. The van der Waals surface area contributed by atoms with Gasteiger partial charge in [0.2, 0.25) is 0 Å². The van der Waals surface area contributed by atoms with E-state index in [1.165, 1.54) is 0 Å². The summed E-state index contributed by atoms with van der Waals surface area (Å²) in [6.45, 7) is 4.19. The molecular weight excluding hydrogens is 234 g/mol. The lowest BCUT2D eigenvalue weighted by atomic mass is 9.87. The van der Waals surface area contributed by atoms with E-state index in [1.807, 2.05) is 0 Å². The van der Waals surface area contributed by atoms with E-state index in [4.69, 9.17) is 5.26 Å². The summed E-state index contributed by atoms with van der Waals surface area (Å²) in [6.07, 6.45) is 3.01. The molecule has 96 valence electrons. The molecule has 0 aromatic heterocycles. The Morgan fingerprint density at radius 1 is 1.33 bits per heavy atom. The van der Waals surface area contributed by atoms with Crippen molar-refractivity contribution in [3.05, 3.63) is 29.3 Å². The lowest BCUT2D eigenvalue weighted by Gasteiger charge is -2.29. The number of hydrogen-bond donors (Lipinski definition) is 1. The van der Waals surface area contributed by atoms with Crippen molar-refractivity contribution >= 4 is 5.69 Å². The second-order valence-electron chi connectivity index (χ2n) is 5.50. The summed E-state index contributed by atoms with van der Waals surface area (Å²) in [7, 11) is 0. The molecule has 0 spiro atoms. The van der Waals surface area contributed by atoms with Crippen LogP contribution in [0.25, 0.3) is 0 Å². The number of nitrogens with zero attached hydrogens (tertiary/aromatic N) is 1. The molecule has 1 unspecified atom stereocenters. The van der Waals surface area contributed by atoms with Crippen LogP contribution in [0.1, 0.15) is 38.7 Å². The Morgan fingerprint density at radius 3 is 2.39 bits per heavy atom. The number of hydrogen-bond acceptors (Lipinski definition) is 2. The predicted octanol–water partition coefficient (Wildman–Crippen LogP) is 3.83. The summed E-state index contributed by atoms with van der Waals surface area (Å²) in [5.41, 5.74) is -0.0810. The Morgan fingerprint density at radius 2 is 1.94 bits per heavy atom. The highest BCUT2D eigenvalue weighted by atomic mass is 19.1. The fraction of sp³-hybridized carbons (Fsp3) is 0.500. The SMILES string of the molecule is CC1(C)CCCC1Nc1c(F)cc(C#N)cc1F. The summed E-state index contributed by atoms with van der Waals surface area (Å²) in [4.78, 5) is 0. The Balaban J connectivity index is 2.28. The maximum absolute atomic E-state index is 13.7. The van der Waals surface area contributed by atoms with Crippen molar-refractivity contribution in [2.75, 3.05) is 5.32 Å². The Kier molecular flexibility index (Phi) is 3.25. The monoisotopic (exact) mass is 250 g/mol. The average molecular weight is 250 g/mol. The zero-order chi connectivity index (χ0) is 13.3. The number of halogens is 2. The van der Waals surface area contributed by atoms with Gasteiger partial charge in [-0.05, 0) is 30.4 Å². The fourth-order valence-corrected chi connectivity index (χ4v) is 2.54. The fourth-order valence-electron chi connectivity index (χ4n) is 2.54. The first-order valence-electron chi connectivity index (χ1n) is 6.10. The first kappa shape index (κ1) is 12.8. The molecule has 0 saturated heterocycles. The van der Waals surface area contributed by atoms with E-state index in [1.54, 1.807) is 6.07 Å². The van der Waals surface area contributed by atoms with Crippen molar-refractivity contribution in [1.82, 2.24) is 0 Å². The van der Waals surface area contributed by atoms with Crippen molar-refractivity contribution in [2.24, 2.45) is 5.41 Å². The molecule has 1 aliphatic rings. The Hall–Kier alpha value is -1.63. The Labute approximate surface area is 106 Å². The quantitative estimate of drug-likeness (QED) is 0.866. The first-order chi connectivity index (χ1) is 8.44. The molecule has 0 heterocycles. The predicted molar refractivity (Wildman–Crippen MR) is 66.1 cm³/mol. The molecule has 1 saturated carbocycles. The zero-order valence-electron chi connectivity index (χ0n) is 10.6. The van der Waals surface area contributed by atoms with Crippen molar-refractivity contribution in [3.63, 3.8) is 0 Å². The first-order valence-corrected chi connectivity index (χ1v) is 6.10. The van der Waals surface area contributed by atoms with E-state index in [0.717, 1.165) is 31.4 Å². The molecule has 1 aromatic rings. The van der Waals surface area contributed by atoms with Gasteiger partial charge in [-0.2, -0.15) is 5.26 Å². The number of anilines is 1. The highest BCUT2D eigenvalue weighted by Gasteiger charge is 2.35. The molecule has 0 amide bonds. The van der Waals surface area contributed by atoms with E-state index in [9.17, 15) is 8.78 Å². The highest BCUT2D eigenvalue weighted by molar-refractivity contribution is 5.51. The standard InChI is InChI=1S/C14H16F2N2/c1-14(2)5-3-4-12(14)18-13-10(15)6-9(8-17)7-11(13)16/h6-7,12,18H,3-5H2,1-2H3. The lowest BCUT2D eigenvalue weighted by Crippen LogP contribution is -2.31. The van der Waals surface area contributed by atoms with E-state index in [2.05, 4.69) is 19.2 Å². The van der Waals surface area contributed by atoms with E-state index >= 15 is 0 Å². The van der Waals surface area contributed by atoms with Gasteiger partial charge < -0.3 is 5.32 Å². The van der Waals surface area contributed by atoms with Crippen molar-refractivity contribution in [3.8, 4) is 6.07 Å². The van der Waals surface area contributed by atoms with Gasteiger partial charge in [-0.25, -0.2) is 8.78 Å². The minimum Gasteiger partial charge on any atom is -0.377 e. The van der Waals surface area contributed by atoms with Gasteiger partial charge in [0.25, 0.3) is 0 Å². The second kappa shape index (κ2) is 4.56. The normalized spacial score (nSPS) is 21.6. The minimum absolute atomic E-state index is 0.00114. The number of benzene rings is 1. The van der Waals surface area contributed by atoms with Crippen LogP contribution in [0.3, 0.4) is 0 Å². The van der Waals surface area contributed by atoms with Crippen LogP contribution in [-0.4, -0.2) is 6.04 Å². The number of nitriles is 1. The number of rotatable bonds is 2. The smallest absolute Gasteiger partial charge is 0.150 e. The summed E-state index contributed by atoms with van der Waals surface area (Å²) < 4.78 is 27.5. The van der Waals surface area contributed by atoms with E-state index < -0.39 is 11.6 Å². The molecule has 2 rings (SSSR count). The van der Waals surface area contributed by atoms with Crippen LogP contribution >= 0.6 is 0 Å². The molecule has 0 aliphatic heterocycles. The highest BCUT2D eigenvalue weighted by Crippen LogP contribution is 2.39. The van der Waals surface area contributed by atoms with Crippen molar-refractivity contribution in [2.45, 2.75) is 39.2 Å². The summed E-state index contributed by atoms with van der Waals surface area (Å²) >= 11 is 0. The van der Waals surface area contributed by atoms with Gasteiger partial charge in [0.15, 0.2) is 11.6 Å². The average Bonchev–Trinajstić information content (AvgIpc) is 2.62. The van der Waals surface area contributed by atoms with Crippen LogP contribution in [0, 0.1) is 28.4 Å². The van der Waals surface area contributed by atoms with Crippen LogP contribution in [-0.2, 0) is 0 Å². The third-order valence-electron chi connectivity index (χ3n) is 3.75. The topological polar surface area (TPSA) is 35.8 Å².